The number of hydrogen-bond donors (Lipinski definition) is 0. The van der Waals surface area contributed by atoms with Gasteiger partial charge in [-0.15, -0.1) is 11.6 Å². The second-order valence-electron chi connectivity index (χ2n) is 5.08. The first kappa shape index (κ1) is 15.3. The van der Waals surface area contributed by atoms with Crippen LogP contribution in [0, 0.1) is 0 Å². The van der Waals surface area contributed by atoms with E-state index in [1.807, 2.05) is 37.6 Å². The summed E-state index contributed by atoms with van der Waals surface area (Å²) in [6.07, 6.45) is 0.490. The summed E-state index contributed by atoms with van der Waals surface area (Å²) in [6.45, 7) is 6.81. The van der Waals surface area contributed by atoms with E-state index < -0.39 is 5.60 Å². The predicted molar refractivity (Wildman–Crippen MR) is 76.3 cm³/mol. The lowest BCUT2D eigenvalue weighted by atomic mass is 10.2. The van der Waals surface area contributed by atoms with Gasteiger partial charge >= 0.3 is 6.09 Å². The van der Waals surface area contributed by atoms with Crippen LogP contribution in [0.5, 0.6) is 0 Å². The highest BCUT2D eigenvalue weighted by Gasteiger charge is 2.21. The van der Waals surface area contributed by atoms with Gasteiger partial charge in [0.25, 0.3) is 0 Å². The van der Waals surface area contributed by atoms with Crippen LogP contribution in [0.15, 0.2) is 16.8 Å². The predicted octanol–water partition coefficient (Wildman–Crippen LogP) is 4.11. The maximum atomic E-state index is 12.1. The molecule has 102 valence electrons. The minimum absolute atomic E-state index is 0.279. The second-order valence-corrected chi connectivity index (χ2v) is 6.23. The van der Waals surface area contributed by atoms with Crippen LogP contribution in [0.3, 0.4) is 0 Å². The highest BCUT2D eigenvalue weighted by molar-refractivity contribution is 7.07. The molecule has 0 aliphatic carbocycles. The van der Waals surface area contributed by atoms with Crippen molar-refractivity contribution in [2.24, 2.45) is 0 Å². The van der Waals surface area contributed by atoms with Gasteiger partial charge in [-0.05, 0) is 49.6 Å². The topological polar surface area (TPSA) is 29.5 Å². The number of nitrogens with zero attached hydrogens (tertiary/aromatic N) is 1. The van der Waals surface area contributed by atoms with Gasteiger partial charge in [0, 0.05) is 19.0 Å². The molecule has 1 heterocycles. The maximum absolute atomic E-state index is 12.1. The van der Waals surface area contributed by atoms with Crippen LogP contribution < -0.4 is 0 Å². The van der Waals surface area contributed by atoms with Gasteiger partial charge in [-0.3, -0.25) is 0 Å². The van der Waals surface area contributed by atoms with Crippen LogP contribution in [0.4, 0.5) is 4.79 Å². The number of hydrogen-bond acceptors (Lipinski definition) is 3. The van der Waals surface area contributed by atoms with E-state index in [4.69, 9.17) is 16.3 Å². The van der Waals surface area contributed by atoms with Gasteiger partial charge in [-0.1, -0.05) is 0 Å². The van der Waals surface area contributed by atoms with E-state index in [1.165, 1.54) is 0 Å². The summed E-state index contributed by atoms with van der Waals surface area (Å²) in [7, 11) is 0. The first-order chi connectivity index (χ1) is 8.42. The fraction of sp³-hybridized carbons (Fsp3) is 0.615. The van der Waals surface area contributed by atoms with E-state index >= 15 is 0 Å². The summed E-state index contributed by atoms with van der Waals surface area (Å²) < 4.78 is 5.39. The van der Waals surface area contributed by atoms with Crippen LogP contribution in [0.1, 0.15) is 32.8 Å². The third kappa shape index (κ3) is 5.74. The molecule has 0 aromatic carbocycles. The molecule has 0 unspecified atom stereocenters. The van der Waals surface area contributed by atoms with Gasteiger partial charge in [-0.2, -0.15) is 11.3 Å². The summed E-state index contributed by atoms with van der Waals surface area (Å²) in [4.78, 5) is 13.8. The third-order valence-electron chi connectivity index (χ3n) is 2.17. The van der Waals surface area contributed by atoms with E-state index in [1.54, 1.807) is 16.2 Å². The number of thiophene rings is 1. The number of alkyl halides is 1. The zero-order valence-electron chi connectivity index (χ0n) is 11.1. The Balaban J connectivity index is 2.62. The monoisotopic (exact) mass is 289 g/mol. The Kier molecular flexibility index (Phi) is 5.96. The molecule has 0 aliphatic heterocycles. The molecule has 0 N–H and O–H groups in total. The van der Waals surface area contributed by atoms with E-state index in [9.17, 15) is 4.79 Å². The molecule has 18 heavy (non-hydrogen) atoms. The molecule has 0 radical (unpaired) electrons. The normalized spacial score (nSPS) is 11.3. The van der Waals surface area contributed by atoms with Crippen molar-refractivity contribution >= 4 is 29.0 Å². The Morgan fingerprint density at radius 2 is 2.22 bits per heavy atom. The molecule has 0 fully saturated rings. The molecule has 1 rings (SSSR count). The average molecular weight is 290 g/mol. The number of carbonyl (C=O) groups is 1. The highest BCUT2D eigenvalue weighted by Crippen LogP contribution is 2.14. The summed E-state index contributed by atoms with van der Waals surface area (Å²) in [5, 5.41) is 4.04. The van der Waals surface area contributed by atoms with Crippen molar-refractivity contribution in [3.05, 3.63) is 22.4 Å². The Labute approximate surface area is 118 Å². The van der Waals surface area contributed by atoms with E-state index in [-0.39, 0.29) is 6.09 Å². The Morgan fingerprint density at radius 3 is 2.72 bits per heavy atom. The Bertz CT molecular complexity index is 360. The van der Waals surface area contributed by atoms with Gasteiger partial charge in [0.15, 0.2) is 0 Å². The molecule has 0 atom stereocenters. The molecule has 0 saturated heterocycles. The summed E-state index contributed by atoms with van der Waals surface area (Å²) in [5.74, 6) is 0.545. The van der Waals surface area contributed by atoms with Gasteiger partial charge in [-0.25, -0.2) is 4.79 Å². The van der Waals surface area contributed by atoms with Crippen molar-refractivity contribution in [2.75, 3.05) is 12.4 Å². The van der Waals surface area contributed by atoms with Gasteiger partial charge in [0.1, 0.15) is 5.60 Å². The molecule has 0 spiro atoms. The lowest BCUT2D eigenvalue weighted by molar-refractivity contribution is 0.0234. The maximum Gasteiger partial charge on any atom is 0.410 e. The average Bonchev–Trinajstić information content (AvgIpc) is 2.74. The van der Waals surface area contributed by atoms with E-state index in [0.29, 0.717) is 19.0 Å². The fourth-order valence-electron chi connectivity index (χ4n) is 1.41. The zero-order chi connectivity index (χ0) is 13.6. The molecule has 1 amide bonds. The summed E-state index contributed by atoms with van der Waals surface area (Å²) in [5.41, 5.74) is 0.658. The lowest BCUT2D eigenvalue weighted by Crippen LogP contribution is -2.37. The largest absolute Gasteiger partial charge is 0.444 e. The third-order valence-corrected chi connectivity index (χ3v) is 3.17. The highest BCUT2D eigenvalue weighted by atomic mass is 35.5. The van der Waals surface area contributed by atoms with Crippen molar-refractivity contribution in [1.82, 2.24) is 4.90 Å². The Hall–Kier alpha value is -0.740. The van der Waals surface area contributed by atoms with Crippen LogP contribution in [-0.2, 0) is 11.3 Å². The SMILES string of the molecule is CC(C)(C)OC(=O)N(CCCCl)Cc1ccsc1. The number of halogens is 1. The van der Waals surface area contributed by atoms with Gasteiger partial charge < -0.3 is 9.64 Å². The van der Waals surface area contributed by atoms with Crippen LogP contribution in [0.2, 0.25) is 0 Å². The molecule has 1 aromatic heterocycles. The number of ether oxygens (including phenoxy) is 1. The van der Waals surface area contributed by atoms with E-state index in [2.05, 4.69) is 0 Å². The van der Waals surface area contributed by atoms with Gasteiger partial charge in [0.05, 0.1) is 0 Å². The number of carbonyl (C=O) groups excluding carboxylic acids is 1. The molecule has 0 bridgehead atoms. The number of amides is 1. The van der Waals surface area contributed by atoms with Crippen molar-refractivity contribution in [2.45, 2.75) is 39.3 Å². The molecular weight excluding hydrogens is 270 g/mol. The molecule has 0 aliphatic rings. The minimum atomic E-state index is -0.467. The first-order valence-electron chi connectivity index (χ1n) is 5.97. The zero-order valence-corrected chi connectivity index (χ0v) is 12.7. The van der Waals surface area contributed by atoms with Crippen LogP contribution >= 0.6 is 22.9 Å². The fourth-order valence-corrected chi connectivity index (χ4v) is 2.19. The molecule has 1 aromatic rings. The smallest absolute Gasteiger partial charge is 0.410 e. The van der Waals surface area contributed by atoms with Crippen molar-refractivity contribution in [3.63, 3.8) is 0 Å². The van der Waals surface area contributed by atoms with Crippen molar-refractivity contribution < 1.29 is 9.53 Å². The standard InChI is InChI=1S/C13H20ClNO2S/c1-13(2,3)17-12(16)15(7-4-6-14)9-11-5-8-18-10-11/h5,8,10H,4,6-7,9H2,1-3H3. The quantitative estimate of drug-likeness (QED) is 0.763. The Morgan fingerprint density at radius 1 is 1.50 bits per heavy atom. The second kappa shape index (κ2) is 7.00. The van der Waals surface area contributed by atoms with Gasteiger partial charge in [0.2, 0.25) is 0 Å². The number of rotatable bonds is 5. The van der Waals surface area contributed by atoms with Crippen LogP contribution in [-0.4, -0.2) is 29.0 Å². The summed E-state index contributed by atoms with van der Waals surface area (Å²) >= 11 is 7.31. The molecule has 5 heteroatoms. The molecule has 3 nitrogen and oxygen atoms in total. The molecular formula is C13H20ClNO2S. The first-order valence-corrected chi connectivity index (χ1v) is 7.45. The minimum Gasteiger partial charge on any atom is -0.444 e. The van der Waals surface area contributed by atoms with Crippen molar-refractivity contribution in [1.29, 1.82) is 0 Å². The van der Waals surface area contributed by atoms with Crippen LogP contribution in [0.25, 0.3) is 0 Å². The van der Waals surface area contributed by atoms with E-state index in [0.717, 1.165) is 12.0 Å². The van der Waals surface area contributed by atoms with Crippen molar-refractivity contribution in [3.8, 4) is 0 Å². The summed E-state index contributed by atoms with van der Waals surface area (Å²) in [6, 6.07) is 2.02. The molecule has 0 saturated carbocycles. The lowest BCUT2D eigenvalue weighted by Gasteiger charge is -2.27.